The van der Waals surface area contributed by atoms with Gasteiger partial charge in [-0.2, -0.15) is 0 Å². The van der Waals surface area contributed by atoms with Crippen molar-refractivity contribution in [2.75, 3.05) is 20.1 Å². The fourth-order valence-electron chi connectivity index (χ4n) is 0.593. The van der Waals surface area contributed by atoms with Gasteiger partial charge in [-0.1, -0.05) is 34.8 Å². The minimum absolute atomic E-state index is 0.0417. The van der Waals surface area contributed by atoms with Crippen LogP contribution in [0.4, 0.5) is 4.79 Å². The third kappa shape index (κ3) is 5.75. The lowest BCUT2D eigenvalue weighted by Gasteiger charge is -2.20. The van der Waals surface area contributed by atoms with Crippen LogP contribution in [0.2, 0.25) is 0 Å². The number of amides is 2. The Bertz CT molecular complexity index is 157. The minimum Gasteiger partial charge on any atom is -0.322 e. The molecule has 3 nitrogen and oxygen atoms in total. The summed E-state index contributed by atoms with van der Waals surface area (Å²) in [6.45, 7) is 2.24. The van der Waals surface area contributed by atoms with Crippen molar-refractivity contribution in [3.8, 4) is 0 Å². The largest absolute Gasteiger partial charge is 0.338 e. The molecule has 0 N–H and O–H groups in total. The Labute approximate surface area is 86.9 Å². The van der Waals surface area contributed by atoms with Gasteiger partial charge < -0.3 is 4.90 Å². The summed E-state index contributed by atoms with van der Waals surface area (Å²) in [7, 11) is 1.53. The molecule has 0 saturated carbocycles. The van der Waals surface area contributed by atoms with Crippen LogP contribution in [0.15, 0.2) is 0 Å². The van der Waals surface area contributed by atoms with Gasteiger partial charge in [0, 0.05) is 13.6 Å². The average Bonchev–Trinajstić information content (AvgIpc) is 1.84. The SMILES string of the molecule is CC[N]C(=O)N(C)CC(Cl)(Cl)Cl. The maximum absolute atomic E-state index is 11.0. The third-order valence-corrected chi connectivity index (χ3v) is 1.39. The second-order valence-corrected chi connectivity index (χ2v) is 4.74. The third-order valence-electron chi connectivity index (χ3n) is 1.04. The summed E-state index contributed by atoms with van der Waals surface area (Å²) in [4.78, 5) is 12.3. The lowest BCUT2D eigenvalue weighted by molar-refractivity contribution is 0.209. The first-order chi connectivity index (χ1) is 5.37. The molecule has 12 heavy (non-hydrogen) atoms. The monoisotopic (exact) mass is 231 g/mol. The van der Waals surface area contributed by atoms with E-state index in [0.29, 0.717) is 6.54 Å². The molecule has 0 atom stereocenters. The summed E-state index contributed by atoms with van der Waals surface area (Å²) in [5.41, 5.74) is 0. The fourth-order valence-corrected chi connectivity index (χ4v) is 1.13. The van der Waals surface area contributed by atoms with Gasteiger partial charge in [0.05, 0.1) is 6.54 Å². The number of carbonyl (C=O) groups is 1. The maximum atomic E-state index is 11.0. The van der Waals surface area contributed by atoms with E-state index in [9.17, 15) is 4.79 Å². The number of nitrogens with zero attached hydrogens (tertiary/aromatic N) is 2. The van der Waals surface area contributed by atoms with Gasteiger partial charge in [-0.3, -0.25) is 0 Å². The number of carbonyl (C=O) groups excluding carboxylic acids is 1. The highest BCUT2D eigenvalue weighted by Crippen LogP contribution is 2.26. The zero-order valence-corrected chi connectivity index (χ0v) is 9.12. The number of hydrogen-bond acceptors (Lipinski definition) is 1. The molecule has 6 heteroatoms. The van der Waals surface area contributed by atoms with E-state index in [0.717, 1.165) is 0 Å². The van der Waals surface area contributed by atoms with Gasteiger partial charge in [-0.25, -0.2) is 10.1 Å². The quantitative estimate of drug-likeness (QED) is 0.671. The predicted molar refractivity (Wildman–Crippen MR) is 51.0 cm³/mol. The van der Waals surface area contributed by atoms with Gasteiger partial charge in [0.25, 0.3) is 0 Å². The Balaban J connectivity index is 3.87. The van der Waals surface area contributed by atoms with E-state index in [-0.39, 0.29) is 12.6 Å². The molecule has 0 rings (SSSR count). The molecule has 2 amide bonds. The van der Waals surface area contributed by atoms with E-state index in [2.05, 4.69) is 5.32 Å². The highest BCUT2D eigenvalue weighted by atomic mass is 35.6. The molecule has 0 spiro atoms. The molecule has 0 aliphatic heterocycles. The van der Waals surface area contributed by atoms with Crippen LogP contribution >= 0.6 is 34.8 Å². The molecule has 0 fully saturated rings. The van der Waals surface area contributed by atoms with Crippen molar-refractivity contribution in [2.45, 2.75) is 10.7 Å². The molecular formula is C6H10Cl3N2O. The van der Waals surface area contributed by atoms with Gasteiger partial charge in [-0.05, 0) is 6.92 Å². The summed E-state index contributed by atoms with van der Waals surface area (Å²) in [5.74, 6) is 0. The smallest absolute Gasteiger partial charge is 0.322 e. The van der Waals surface area contributed by atoms with Crippen LogP contribution in [0.5, 0.6) is 0 Å². The van der Waals surface area contributed by atoms with Crippen molar-refractivity contribution >= 4 is 40.8 Å². The van der Waals surface area contributed by atoms with Crippen LogP contribution in [0, 0.1) is 0 Å². The molecule has 0 saturated heterocycles. The van der Waals surface area contributed by atoms with Crippen LogP contribution < -0.4 is 5.32 Å². The maximum Gasteiger partial charge on any atom is 0.338 e. The van der Waals surface area contributed by atoms with Gasteiger partial charge in [0.15, 0.2) is 0 Å². The number of halogens is 3. The highest BCUT2D eigenvalue weighted by molar-refractivity contribution is 6.67. The van der Waals surface area contributed by atoms with Crippen molar-refractivity contribution in [1.29, 1.82) is 0 Å². The van der Waals surface area contributed by atoms with Crippen molar-refractivity contribution < 1.29 is 4.79 Å². The molecule has 0 aromatic carbocycles. The van der Waals surface area contributed by atoms with Crippen LogP contribution in [0.3, 0.4) is 0 Å². The van der Waals surface area contributed by atoms with Crippen LogP contribution in [0.25, 0.3) is 0 Å². The topological polar surface area (TPSA) is 34.4 Å². The zero-order valence-electron chi connectivity index (χ0n) is 6.85. The normalized spacial score (nSPS) is 11.1. The fraction of sp³-hybridized carbons (Fsp3) is 0.833. The summed E-state index contributed by atoms with van der Waals surface area (Å²) in [5, 5.41) is 3.62. The summed E-state index contributed by atoms with van der Waals surface area (Å²) < 4.78 is -1.44. The molecule has 1 radical (unpaired) electrons. The molecule has 0 aliphatic rings. The molecule has 0 heterocycles. The van der Waals surface area contributed by atoms with Crippen LogP contribution in [-0.4, -0.2) is 34.9 Å². The summed E-state index contributed by atoms with van der Waals surface area (Å²) >= 11 is 16.4. The van der Waals surface area contributed by atoms with Crippen LogP contribution in [0.1, 0.15) is 6.92 Å². The van der Waals surface area contributed by atoms with Crippen molar-refractivity contribution in [1.82, 2.24) is 10.2 Å². The molecule has 0 bridgehead atoms. The number of alkyl halides is 3. The molecule has 71 valence electrons. The highest BCUT2D eigenvalue weighted by Gasteiger charge is 2.24. The van der Waals surface area contributed by atoms with Gasteiger partial charge in [-0.15, -0.1) is 0 Å². The summed E-state index contributed by atoms with van der Waals surface area (Å²) in [6, 6.07) is -0.371. The second-order valence-electron chi connectivity index (χ2n) is 2.23. The Morgan fingerprint density at radius 2 is 2.00 bits per heavy atom. The molecule has 0 aromatic rings. The Morgan fingerprint density at radius 1 is 1.50 bits per heavy atom. The Morgan fingerprint density at radius 3 is 2.33 bits per heavy atom. The Kier molecular flexibility index (Phi) is 5.06. The minimum atomic E-state index is -1.44. The van der Waals surface area contributed by atoms with E-state index in [1.165, 1.54) is 11.9 Å². The molecular weight excluding hydrogens is 222 g/mol. The molecule has 0 aliphatic carbocycles. The second kappa shape index (κ2) is 5.00. The average molecular weight is 233 g/mol. The van der Waals surface area contributed by atoms with E-state index in [1.807, 2.05) is 0 Å². The zero-order chi connectivity index (χ0) is 9.78. The number of hydrogen-bond donors (Lipinski definition) is 0. The number of rotatable bonds is 2. The van der Waals surface area contributed by atoms with Gasteiger partial charge in [0.2, 0.25) is 3.79 Å². The molecule has 0 aromatic heterocycles. The van der Waals surface area contributed by atoms with Gasteiger partial charge in [0.1, 0.15) is 0 Å². The first kappa shape index (κ1) is 12.1. The lowest BCUT2D eigenvalue weighted by Crippen LogP contribution is -2.38. The van der Waals surface area contributed by atoms with Crippen molar-refractivity contribution in [3.63, 3.8) is 0 Å². The predicted octanol–water partition coefficient (Wildman–Crippen LogP) is 2.03. The van der Waals surface area contributed by atoms with Gasteiger partial charge >= 0.3 is 6.03 Å². The van der Waals surface area contributed by atoms with E-state index >= 15 is 0 Å². The Hall–Kier alpha value is 0.140. The van der Waals surface area contributed by atoms with Crippen molar-refractivity contribution in [3.05, 3.63) is 0 Å². The molecule has 0 unspecified atom stereocenters. The van der Waals surface area contributed by atoms with Crippen LogP contribution in [-0.2, 0) is 0 Å². The lowest BCUT2D eigenvalue weighted by atomic mass is 10.6. The van der Waals surface area contributed by atoms with E-state index in [1.54, 1.807) is 6.92 Å². The summed E-state index contributed by atoms with van der Waals surface area (Å²) in [6.07, 6.45) is 0. The first-order valence-electron chi connectivity index (χ1n) is 3.36. The van der Waals surface area contributed by atoms with Crippen molar-refractivity contribution in [2.24, 2.45) is 0 Å². The number of urea groups is 1. The first-order valence-corrected chi connectivity index (χ1v) is 4.49. The van der Waals surface area contributed by atoms with E-state index in [4.69, 9.17) is 34.8 Å². The standard InChI is InChI=1S/C6H10Cl3N2O/c1-3-10-5(12)11(2)4-6(7,8)9/h3-4H2,1-2H3. The van der Waals surface area contributed by atoms with E-state index < -0.39 is 3.79 Å².